The molecule has 0 amide bonds. The zero-order chi connectivity index (χ0) is 21.7. The van der Waals surface area contributed by atoms with Gasteiger partial charge >= 0.3 is 0 Å². The molecular formula is C21H22ClN5O2S. The molecule has 0 saturated heterocycles. The van der Waals surface area contributed by atoms with E-state index in [0.717, 1.165) is 11.1 Å². The van der Waals surface area contributed by atoms with Crippen molar-refractivity contribution in [3.05, 3.63) is 65.4 Å². The standard InChI is InChI=1S/C21H22ClN5O2S/c1-21(2,3)15-5-7-16(8-6-15)30(28,29)25-20-10-9-17(22)19-11-18(24-27(19)20)14-12-23-26(4)13-14/h5-13,25H,1-4H3. The summed E-state index contributed by atoms with van der Waals surface area (Å²) < 4.78 is 31.7. The highest BCUT2D eigenvalue weighted by atomic mass is 35.5. The van der Waals surface area contributed by atoms with E-state index >= 15 is 0 Å². The van der Waals surface area contributed by atoms with Gasteiger partial charge in [-0.3, -0.25) is 9.40 Å². The Hall–Kier alpha value is -2.84. The minimum atomic E-state index is -3.80. The van der Waals surface area contributed by atoms with Crippen LogP contribution in [-0.2, 0) is 22.5 Å². The first-order chi connectivity index (χ1) is 14.0. The molecule has 0 radical (unpaired) electrons. The predicted molar refractivity (Wildman–Crippen MR) is 118 cm³/mol. The number of halogens is 1. The number of aromatic nitrogens is 4. The molecule has 0 aliphatic rings. The fourth-order valence-corrected chi connectivity index (χ4v) is 4.39. The van der Waals surface area contributed by atoms with Crippen LogP contribution in [0.15, 0.2) is 59.8 Å². The van der Waals surface area contributed by atoms with Gasteiger partial charge in [-0.2, -0.15) is 10.2 Å². The van der Waals surface area contributed by atoms with Crippen LogP contribution in [0.4, 0.5) is 5.82 Å². The Kier molecular flexibility index (Phi) is 4.86. The quantitative estimate of drug-likeness (QED) is 0.504. The number of nitrogens with zero attached hydrogens (tertiary/aromatic N) is 4. The van der Waals surface area contributed by atoms with Crippen molar-refractivity contribution in [1.82, 2.24) is 19.4 Å². The first-order valence-corrected chi connectivity index (χ1v) is 11.2. The zero-order valence-corrected chi connectivity index (χ0v) is 18.7. The van der Waals surface area contributed by atoms with Gasteiger partial charge in [-0.05, 0) is 41.3 Å². The van der Waals surface area contributed by atoms with E-state index < -0.39 is 10.0 Å². The van der Waals surface area contributed by atoms with Crippen LogP contribution in [0.3, 0.4) is 0 Å². The second-order valence-electron chi connectivity index (χ2n) is 8.18. The molecule has 3 aromatic heterocycles. The van der Waals surface area contributed by atoms with E-state index in [9.17, 15) is 8.42 Å². The van der Waals surface area contributed by atoms with E-state index in [-0.39, 0.29) is 10.3 Å². The van der Waals surface area contributed by atoms with E-state index in [4.69, 9.17) is 11.6 Å². The van der Waals surface area contributed by atoms with Crippen LogP contribution in [0.2, 0.25) is 5.02 Å². The normalized spacial score (nSPS) is 12.4. The van der Waals surface area contributed by atoms with Crippen LogP contribution in [0.25, 0.3) is 16.8 Å². The molecule has 0 aliphatic carbocycles. The summed E-state index contributed by atoms with van der Waals surface area (Å²) in [4.78, 5) is 0.179. The van der Waals surface area contributed by atoms with Crippen LogP contribution in [-0.4, -0.2) is 27.8 Å². The van der Waals surface area contributed by atoms with Crippen LogP contribution >= 0.6 is 11.6 Å². The molecule has 1 N–H and O–H groups in total. The molecule has 0 fully saturated rings. The molecule has 4 rings (SSSR count). The van der Waals surface area contributed by atoms with Gasteiger partial charge in [-0.15, -0.1) is 0 Å². The molecule has 1 aromatic carbocycles. The number of hydrogen-bond acceptors (Lipinski definition) is 4. The summed E-state index contributed by atoms with van der Waals surface area (Å²) in [5, 5.41) is 9.16. The maximum Gasteiger partial charge on any atom is 0.263 e. The molecule has 9 heteroatoms. The second-order valence-corrected chi connectivity index (χ2v) is 10.3. The van der Waals surface area contributed by atoms with Crippen molar-refractivity contribution in [2.45, 2.75) is 31.1 Å². The summed E-state index contributed by atoms with van der Waals surface area (Å²) in [7, 11) is -1.99. The second kappa shape index (κ2) is 7.14. The van der Waals surface area contributed by atoms with Crippen molar-refractivity contribution in [1.29, 1.82) is 0 Å². The van der Waals surface area contributed by atoms with Gasteiger partial charge in [0, 0.05) is 18.8 Å². The number of nitrogens with one attached hydrogen (secondary N) is 1. The highest BCUT2D eigenvalue weighted by molar-refractivity contribution is 7.92. The Morgan fingerprint density at radius 1 is 1.07 bits per heavy atom. The highest BCUT2D eigenvalue weighted by Crippen LogP contribution is 2.29. The minimum absolute atomic E-state index is 0.0597. The summed E-state index contributed by atoms with van der Waals surface area (Å²) in [5.41, 5.74) is 3.05. The molecule has 0 spiro atoms. The summed E-state index contributed by atoms with van der Waals surface area (Å²) in [6.45, 7) is 6.24. The topological polar surface area (TPSA) is 81.3 Å². The van der Waals surface area contributed by atoms with Gasteiger partial charge < -0.3 is 0 Å². The summed E-state index contributed by atoms with van der Waals surface area (Å²) in [6.07, 6.45) is 3.52. The third-order valence-corrected chi connectivity index (χ3v) is 6.53. The zero-order valence-electron chi connectivity index (χ0n) is 17.1. The first kappa shape index (κ1) is 20.4. The smallest absolute Gasteiger partial charge is 0.263 e. The number of hydrogen-bond donors (Lipinski definition) is 1. The van der Waals surface area contributed by atoms with Gasteiger partial charge in [-0.25, -0.2) is 12.9 Å². The first-order valence-electron chi connectivity index (χ1n) is 9.35. The van der Waals surface area contributed by atoms with Gasteiger partial charge in [0.1, 0.15) is 5.82 Å². The Balaban J connectivity index is 1.72. The summed E-state index contributed by atoms with van der Waals surface area (Å²) in [6, 6.07) is 11.9. The summed E-state index contributed by atoms with van der Waals surface area (Å²) >= 11 is 6.32. The number of fused-ring (bicyclic) bond motifs is 1. The van der Waals surface area contributed by atoms with Crippen molar-refractivity contribution < 1.29 is 8.42 Å². The van der Waals surface area contributed by atoms with Crippen molar-refractivity contribution in [3.8, 4) is 11.3 Å². The van der Waals surface area contributed by atoms with Gasteiger partial charge in [0.05, 0.1) is 27.3 Å². The van der Waals surface area contributed by atoms with Crippen LogP contribution in [0, 0.1) is 0 Å². The van der Waals surface area contributed by atoms with E-state index in [1.165, 1.54) is 4.52 Å². The lowest BCUT2D eigenvalue weighted by molar-refractivity contribution is 0.587. The Morgan fingerprint density at radius 2 is 1.77 bits per heavy atom. The average Bonchev–Trinajstić information content (AvgIpc) is 3.30. The Labute approximate surface area is 180 Å². The minimum Gasteiger partial charge on any atom is -0.275 e. The molecule has 7 nitrogen and oxygen atoms in total. The van der Waals surface area contributed by atoms with E-state index in [1.54, 1.807) is 41.2 Å². The number of sulfonamides is 1. The maximum atomic E-state index is 13.0. The van der Waals surface area contributed by atoms with Crippen molar-refractivity contribution in [3.63, 3.8) is 0 Å². The SMILES string of the molecule is Cn1cc(-c2cc3c(Cl)ccc(NS(=O)(=O)c4ccc(C(C)(C)C)cc4)n3n2)cn1. The molecular weight excluding hydrogens is 422 g/mol. The number of benzene rings is 1. The molecule has 0 aliphatic heterocycles. The van der Waals surface area contributed by atoms with Crippen LogP contribution in [0.5, 0.6) is 0 Å². The monoisotopic (exact) mass is 443 g/mol. The van der Waals surface area contributed by atoms with Crippen LogP contribution < -0.4 is 4.72 Å². The molecule has 30 heavy (non-hydrogen) atoms. The fourth-order valence-electron chi connectivity index (χ4n) is 3.15. The largest absolute Gasteiger partial charge is 0.275 e. The molecule has 0 unspecified atom stereocenters. The third-order valence-electron chi connectivity index (χ3n) is 4.84. The summed E-state index contributed by atoms with van der Waals surface area (Å²) in [5.74, 6) is 0.296. The van der Waals surface area contributed by atoms with E-state index in [1.807, 2.05) is 25.4 Å². The number of anilines is 1. The van der Waals surface area contributed by atoms with E-state index in [2.05, 4.69) is 35.7 Å². The number of pyridine rings is 1. The number of rotatable bonds is 4. The third kappa shape index (κ3) is 3.80. The van der Waals surface area contributed by atoms with Crippen LogP contribution in [0.1, 0.15) is 26.3 Å². The molecule has 0 atom stereocenters. The molecule has 156 valence electrons. The van der Waals surface area contributed by atoms with Gasteiger partial charge in [0.15, 0.2) is 0 Å². The molecule has 0 bridgehead atoms. The van der Waals surface area contributed by atoms with Gasteiger partial charge in [-0.1, -0.05) is 44.5 Å². The molecule has 4 aromatic rings. The highest BCUT2D eigenvalue weighted by Gasteiger charge is 2.20. The van der Waals surface area contributed by atoms with Gasteiger partial charge in [0.2, 0.25) is 0 Å². The lowest BCUT2D eigenvalue weighted by atomic mass is 9.87. The fraction of sp³-hybridized carbons (Fsp3) is 0.238. The lowest BCUT2D eigenvalue weighted by Crippen LogP contribution is -2.16. The molecule has 3 heterocycles. The van der Waals surface area contributed by atoms with Crippen molar-refractivity contribution in [2.24, 2.45) is 7.05 Å². The number of aryl methyl sites for hydroxylation is 1. The molecule has 0 saturated carbocycles. The lowest BCUT2D eigenvalue weighted by Gasteiger charge is -2.19. The van der Waals surface area contributed by atoms with Crippen molar-refractivity contribution >= 4 is 33.0 Å². The van der Waals surface area contributed by atoms with E-state index in [0.29, 0.717) is 22.1 Å². The van der Waals surface area contributed by atoms with Gasteiger partial charge in [0.25, 0.3) is 10.0 Å². The Morgan fingerprint density at radius 3 is 2.37 bits per heavy atom. The predicted octanol–water partition coefficient (Wildman–Crippen LogP) is 4.49. The maximum absolute atomic E-state index is 13.0. The van der Waals surface area contributed by atoms with Crippen molar-refractivity contribution in [2.75, 3.05) is 4.72 Å². The Bertz CT molecular complexity index is 1330. The average molecular weight is 444 g/mol.